The lowest BCUT2D eigenvalue weighted by Gasteiger charge is -2.34. The zero-order chi connectivity index (χ0) is 21.8. The number of hydrogen-bond donors (Lipinski definition) is 1. The van der Waals surface area contributed by atoms with Gasteiger partial charge in [-0.1, -0.05) is 121 Å². The highest BCUT2D eigenvalue weighted by Gasteiger charge is 2.43. The van der Waals surface area contributed by atoms with Gasteiger partial charge in [0.1, 0.15) is 5.41 Å². The second kappa shape index (κ2) is 12.6. The second-order valence-electron chi connectivity index (χ2n) is 8.46. The lowest BCUT2D eigenvalue weighted by atomic mass is 9.67. The summed E-state index contributed by atoms with van der Waals surface area (Å²) in [5.41, 5.74) is 3.27. The predicted octanol–water partition coefficient (Wildman–Crippen LogP) is 7.71. The fourth-order valence-electron chi connectivity index (χ4n) is 4.77. The summed E-state index contributed by atoms with van der Waals surface area (Å²) in [4.78, 5) is 13.0. The highest BCUT2D eigenvalue weighted by Crippen LogP contribution is 2.41. The molecule has 0 heterocycles. The Hall–Kier alpha value is -2.09. The summed E-state index contributed by atoms with van der Waals surface area (Å²) in [5, 5.41) is 10.7. The maximum absolute atomic E-state index is 13.0. The third-order valence-electron chi connectivity index (χ3n) is 6.49. The van der Waals surface area contributed by atoms with Crippen molar-refractivity contribution in [2.24, 2.45) is 0 Å². The third-order valence-corrected chi connectivity index (χ3v) is 6.49. The Bertz CT molecular complexity index is 730. The zero-order valence-electron chi connectivity index (χ0n) is 19.3. The Morgan fingerprint density at radius 2 is 1.13 bits per heavy atom. The smallest absolute Gasteiger partial charge is 0.318 e. The van der Waals surface area contributed by atoms with Crippen molar-refractivity contribution in [1.82, 2.24) is 0 Å². The molecule has 0 aliphatic heterocycles. The molecule has 0 bridgehead atoms. The average molecular weight is 409 g/mol. The lowest BCUT2D eigenvalue weighted by Crippen LogP contribution is -2.39. The van der Waals surface area contributed by atoms with Crippen LogP contribution in [0.15, 0.2) is 48.5 Å². The molecule has 2 aromatic rings. The van der Waals surface area contributed by atoms with Gasteiger partial charge in [0.25, 0.3) is 0 Å². The van der Waals surface area contributed by atoms with Gasteiger partial charge in [-0.2, -0.15) is 0 Å². The number of aliphatic carboxylic acids is 1. The van der Waals surface area contributed by atoms with Gasteiger partial charge >= 0.3 is 5.97 Å². The standard InChI is InChI=1S/C28H40O2/c1-4-7-8-9-10-11-12-17-22-28(27(29)30,25-20-15-13-18-23(25)5-2)26-21-16-14-19-24(26)6-3/h13-16,18-21H,4-12,17,22H2,1-3H3,(H,29,30). The molecule has 2 rings (SSSR count). The number of hydrogen-bond acceptors (Lipinski definition) is 1. The highest BCUT2D eigenvalue weighted by atomic mass is 16.4. The molecule has 30 heavy (non-hydrogen) atoms. The van der Waals surface area contributed by atoms with Crippen molar-refractivity contribution in [2.45, 2.75) is 96.8 Å². The van der Waals surface area contributed by atoms with Crippen LogP contribution in [0, 0.1) is 0 Å². The van der Waals surface area contributed by atoms with E-state index in [9.17, 15) is 9.90 Å². The zero-order valence-corrected chi connectivity index (χ0v) is 19.3. The summed E-state index contributed by atoms with van der Waals surface area (Å²) in [6.45, 7) is 6.48. The maximum Gasteiger partial charge on any atom is 0.318 e. The minimum atomic E-state index is -0.971. The maximum atomic E-state index is 13.0. The van der Waals surface area contributed by atoms with Crippen LogP contribution < -0.4 is 0 Å². The number of carbonyl (C=O) groups is 1. The molecular weight excluding hydrogens is 368 g/mol. The average Bonchev–Trinajstić information content (AvgIpc) is 2.78. The summed E-state index contributed by atoms with van der Waals surface area (Å²) < 4.78 is 0. The first-order valence-corrected chi connectivity index (χ1v) is 12.0. The fraction of sp³-hybridized carbons (Fsp3) is 0.536. The van der Waals surface area contributed by atoms with Crippen LogP contribution in [0.1, 0.15) is 101 Å². The summed E-state index contributed by atoms with van der Waals surface area (Å²) >= 11 is 0. The normalized spacial score (nSPS) is 11.6. The monoisotopic (exact) mass is 408 g/mol. The van der Waals surface area contributed by atoms with E-state index in [2.05, 4.69) is 32.9 Å². The van der Waals surface area contributed by atoms with Crippen molar-refractivity contribution >= 4 is 5.97 Å². The fourth-order valence-corrected chi connectivity index (χ4v) is 4.77. The van der Waals surface area contributed by atoms with Crippen molar-refractivity contribution in [1.29, 1.82) is 0 Å². The number of carboxylic acid groups (broad SMARTS) is 1. The molecule has 2 heteroatoms. The lowest BCUT2D eigenvalue weighted by molar-refractivity contribution is -0.142. The van der Waals surface area contributed by atoms with Crippen molar-refractivity contribution < 1.29 is 9.90 Å². The largest absolute Gasteiger partial charge is 0.480 e. The van der Waals surface area contributed by atoms with Crippen LogP contribution in [0.2, 0.25) is 0 Å². The summed E-state index contributed by atoms with van der Waals surface area (Å²) in [5.74, 6) is -0.716. The van der Waals surface area contributed by atoms with Crippen molar-refractivity contribution in [3.63, 3.8) is 0 Å². The van der Waals surface area contributed by atoms with Gasteiger partial charge < -0.3 is 5.11 Å². The molecule has 0 fully saturated rings. The van der Waals surface area contributed by atoms with E-state index in [-0.39, 0.29) is 0 Å². The van der Waals surface area contributed by atoms with E-state index in [1.54, 1.807) is 0 Å². The molecule has 0 radical (unpaired) electrons. The molecule has 164 valence electrons. The molecule has 2 nitrogen and oxygen atoms in total. The molecule has 0 aromatic heterocycles. The topological polar surface area (TPSA) is 37.3 Å². The number of carboxylic acids is 1. The van der Waals surface area contributed by atoms with Crippen LogP contribution in [0.4, 0.5) is 0 Å². The van der Waals surface area contributed by atoms with Crippen LogP contribution in [-0.4, -0.2) is 11.1 Å². The van der Waals surface area contributed by atoms with E-state index in [0.29, 0.717) is 6.42 Å². The second-order valence-corrected chi connectivity index (χ2v) is 8.46. The van der Waals surface area contributed by atoms with Gasteiger partial charge in [-0.15, -0.1) is 0 Å². The van der Waals surface area contributed by atoms with E-state index < -0.39 is 11.4 Å². The molecule has 2 aromatic carbocycles. The molecule has 0 spiro atoms. The van der Waals surface area contributed by atoms with E-state index in [4.69, 9.17) is 0 Å². The Morgan fingerprint density at radius 1 is 0.700 bits per heavy atom. The molecule has 0 saturated carbocycles. The number of benzene rings is 2. The Kier molecular flexibility index (Phi) is 10.1. The van der Waals surface area contributed by atoms with Gasteiger partial charge in [0.05, 0.1) is 0 Å². The molecule has 0 aliphatic rings. The molecule has 0 saturated heterocycles. The highest BCUT2D eigenvalue weighted by molar-refractivity contribution is 5.87. The first-order valence-electron chi connectivity index (χ1n) is 12.0. The predicted molar refractivity (Wildman–Crippen MR) is 127 cm³/mol. The van der Waals surface area contributed by atoms with Crippen molar-refractivity contribution in [2.75, 3.05) is 0 Å². The van der Waals surface area contributed by atoms with Crippen LogP contribution in [-0.2, 0) is 23.1 Å². The quantitative estimate of drug-likeness (QED) is 0.325. The summed E-state index contributed by atoms with van der Waals surface area (Å²) in [7, 11) is 0. The van der Waals surface area contributed by atoms with Crippen LogP contribution in [0.25, 0.3) is 0 Å². The molecular formula is C28H40O2. The van der Waals surface area contributed by atoms with Gasteiger partial charge in [-0.25, -0.2) is 0 Å². The third kappa shape index (κ3) is 5.74. The first kappa shape index (κ1) is 24.2. The van der Waals surface area contributed by atoms with E-state index >= 15 is 0 Å². The molecule has 1 N–H and O–H groups in total. The minimum absolute atomic E-state index is 0.658. The van der Waals surface area contributed by atoms with Crippen LogP contribution >= 0.6 is 0 Å². The Morgan fingerprint density at radius 3 is 1.57 bits per heavy atom. The Balaban J connectivity index is 2.33. The van der Waals surface area contributed by atoms with Crippen molar-refractivity contribution in [3.8, 4) is 0 Å². The van der Waals surface area contributed by atoms with E-state index in [1.807, 2.05) is 36.4 Å². The summed E-state index contributed by atoms with van der Waals surface area (Å²) in [6, 6.07) is 16.3. The molecule has 0 atom stereocenters. The SMILES string of the molecule is CCCCCCCCCCC(C(=O)O)(c1ccccc1CC)c1ccccc1CC. The first-order chi connectivity index (χ1) is 14.6. The van der Waals surface area contributed by atoms with Gasteiger partial charge in [0.2, 0.25) is 0 Å². The number of aryl methyl sites for hydroxylation is 2. The van der Waals surface area contributed by atoms with Gasteiger partial charge in [-0.3, -0.25) is 4.79 Å². The minimum Gasteiger partial charge on any atom is -0.480 e. The Labute approximate surface area is 183 Å². The van der Waals surface area contributed by atoms with E-state index in [1.165, 1.54) is 38.5 Å². The molecule has 0 amide bonds. The number of rotatable bonds is 14. The van der Waals surface area contributed by atoms with Gasteiger partial charge in [0.15, 0.2) is 0 Å². The molecule has 0 aliphatic carbocycles. The van der Waals surface area contributed by atoms with Crippen LogP contribution in [0.3, 0.4) is 0 Å². The summed E-state index contributed by atoms with van der Waals surface area (Å²) in [6.07, 6.45) is 12.1. The molecule has 0 unspecified atom stereocenters. The van der Waals surface area contributed by atoms with Crippen LogP contribution in [0.5, 0.6) is 0 Å². The van der Waals surface area contributed by atoms with E-state index in [0.717, 1.165) is 47.9 Å². The van der Waals surface area contributed by atoms with Gasteiger partial charge in [-0.05, 0) is 41.5 Å². The number of unbranched alkanes of at least 4 members (excludes halogenated alkanes) is 7. The van der Waals surface area contributed by atoms with Crippen molar-refractivity contribution in [3.05, 3.63) is 70.8 Å². The van der Waals surface area contributed by atoms with Gasteiger partial charge in [0, 0.05) is 0 Å².